The first-order chi connectivity index (χ1) is 13.9. The number of hydrogen-bond acceptors (Lipinski definition) is 5. The summed E-state index contributed by atoms with van der Waals surface area (Å²) in [5.41, 5.74) is 6.33. The zero-order valence-corrected chi connectivity index (χ0v) is 17.8. The lowest BCUT2D eigenvalue weighted by Gasteiger charge is -2.37. The molecule has 2 aromatic rings. The number of ether oxygens (including phenoxy) is 1. The standard InChI is InChI=1S/C22H28N6O/c1-15-10-16(2)12-19(11-15)27-6-8-28(9-7-27)22(24-14-23)26-20-13-17(3)18(4)25-21(20)29-5/h10-13H,6-9H2,1-5H3,(H,24,26). The van der Waals surface area contributed by atoms with Gasteiger partial charge in [0.05, 0.1) is 7.11 Å². The Labute approximate surface area is 172 Å². The molecule has 0 aliphatic carbocycles. The van der Waals surface area contributed by atoms with Gasteiger partial charge >= 0.3 is 0 Å². The van der Waals surface area contributed by atoms with Crippen molar-refractivity contribution >= 4 is 17.3 Å². The maximum atomic E-state index is 9.24. The van der Waals surface area contributed by atoms with Crippen LogP contribution >= 0.6 is 0 Å². The van der Waals surface area contributed by atoms with Gasteiger partial charge in [-0.2, -0.15) is 5.26 Å². The van der Waals surface area contributed by atoms with E-state index < -0.39 is 0 Å². The number of pyridine rings is 1. The van der Waals surface area contributed by atoms with Crippen molar-refractivity contribution in [3.8, 4) is 12.1 Å². The Hall–Kier alpha value is -3.27. The number of aliphatic imine (C=N–C) groups is 1. The predicted molar refractivity (Wildman–Crippen MR) is 116 cm³/mol. The minimum absolute atomic E-state index is 0.458. The van der Waals surface area contributed by atoms with Crippen LogP contribution in [-0.4, -0.2) is 49.1 Å². The van der Waals surface area contributed by atoms with Gasteiger partial charge < -0.3 is 14.5 Å². The number of nitrogens with zero attached hydrogens (tertiary/aromatic N) is 5. The van der Waals surface area contributed by atoms with E-state index in [-0.39, 0.29) is 0 Å². The van der Waals surface area contributed by atoms with Gasteiger partial charge in [-0.05, 0) is 62.6 Å². The maximum absolute atomic E-state index is 9.24. The second-order valence-electron chi connectivity index (χ2n) is 7.41. The highest BCUT2D eigenvalue weighted by Crippen LogP contribution is 2.28. The molecule has 1 aliphatic heterocycles. The summed E-state index contributed by atoms with van der Waals surface area (Å²) < 4.78 is 5.39. The number of rotatable bonds is 3. The molecule has 152 valence electrons. The molecule has 0 radical (unpaired) electrons. The molecule has 1 fully saturated rings. The van der Waals surface area contributed by atoms with Gasteiger partial charge in [-0.1, -0.05) is 6.07 Å². The minimum atomic E-state index is 0.458. The zero-order valence-electron chi connectivity index (χ0n) is 17.8. The van der Waals surface area contributed by atoms with Gasteiger partial charge in [-0.3, -0.25) is 5.32 Å². The van der Waals surface area contributed by atoms with E-state index in [9.17, 15) is 5.26 Å². The van der Waals surface area contributed by atoms with Crippen molar-refractivity contribution < 1.29 is 4.74 Å². The number of nitriles is 1. The predicted octanol–water partition coefficient (Wildman–Crippen LogP) is 3.20. The Bertz CT molecular complexity index is 934. The first kappa shape index (κ1) is 20.5. The number of hydrogen-bond donors (Lipinski definition) is 1. The Balaban J connectivity index is 1.80. The van der Waals surface area contributed by atoms with Gasteiger partial charge in [0.1, 0.15) is 5.69 Å². The molecule has 1 saturated heterocycles. The van der Waals surface area contributed by atoms with E-state index in [1.807, 2.05) is 26.1 Å². The molecule has 1 N–H and O–H groups in total. The summed E-state index contributed by atoms with van der Waals surface area (Å²) in [6.45, 7) is 11.4. The molecule has 7 nitrogen and oxygen atoms in total. The lowest BCUT2D eigenvalue weighted by molar-refractivity contribution is 0.376. The van der Waals surface area contributed by atoms with Crippen molar-refractivity contribution in [3.05, 3.63) is 46.6 Å². The second-order valence-corrected chi connectivity index (χ2v) is 7.41. The van der Waals surface area contributed by atoms with E-state index in [4.69, 9.17) is 4.74 Å². The van der Waals surface area contributed by atoms with Crippen LogP contribution in [-0.2, 0) is 0 Å². The van der Waals surface area contributed by atoms with Crippen LogP contribution in [0.1, 0.15) is 22.4 Å². The van der Waals surface area contributed by atoms with E-state index in [2.05, 4.69) is 57.1 Å². The molecule has 29 heavy (non-hydrogen) atoms. The molecule has 0 bridgehead atoms. The van der Waals surface area contributed by atoms with Crippen LogP contribution in [0.15, 0.2) is 29.3 Å². The van der Waals surface area contributed by atoms with Crippen LogP contribution in [0.25, 0.3) is 0 Å². The number of nitrogens with one attached hydrogen (secondary N) is 1. The lowest BCUT2D eigenvalue weighted by atomic mass is 10.1. The topological polar surface area (TPSA) is 76.8 Å². The molecule has 2 heterocycles. The van der Waals surface area contributed by atoms with Gasteiger partial charge in [0, 0.05) is 37.6 Å². The fraction of sp³-hybridized carbons (Fsp3) is 0.409. The zero-order chi connectivity index (χ0) is 21.0. The Morgan fingerprint density at radius 3 is 2.31 bits per heavy atom. The summed E-state index contributed by atoms with van der Waals surface area (Å²) in [6, 6.07) is 8.56. The van der Waals surface area contributed by atoms with Gasteiger partial charge in [0.15, 0.2) is 6.19 Å². The molecule has 1 aliphatic rings. The minimum Gasteiger partial charge on any atom is -0.479 e. The van der Waals surface area contributed by atoms with Crippen LogP contribution in [0.3, 0.4) is 0 Å². The first-order valence-electron chi connectivity index (χ1n) is 9.75. The fourth-order valence-corrected chi connectivity index (χ4v) is 3.55. The Morgan fingerprint density at radius 2 is 1.72 bits per heavy atom. The highest BCUT2D eigenvalue weighted by molar-refractivity contribution is 5.85. The molecule has 7 heteroatoms. The van der Waals surface area contributed by atoms with Crippen LogP contribution in [0.2, 0.25) is 0 Å². The number of aromatic nitrogens is 1. The van der Waals surface area contributed by atoms with Crippen molar-refractivity contribution in [1.82, 2.24) is 15.2 Å². The summed E-state index contributed by atoms with van der Waals surface area (Å²) in [7, 11) is 1.58. The highest BCUT2D eigenvalue weighted by atomic mass is 16.5. The smallest absolute Gasteiger partial charge is 0.240 e. The largest absolute Gasteiger partial charge is 0.479 e. The van der Waals surface area contributed by atoms with Gasteiger partial charge in [0.2, 0.25) is 11.8 Å². The summed E-state index contributed by atoms with van der Waals surface area (Å²) in [5.74, 6) is 0.982. The average Bonchev–Trinajstić information content (AvgIpc) is 2.69. The molecule has 3 rings (SSSR count). The Morgan fingerprint density at radius 1 is 1.07 bits per heavy atom. The number of methoxy groups -OCH3 is 1. The monoisotopic (exact) mass is 392 g/mol. The lowest BCUT2D eigenvalue weighted by Crippen LogP contribution is -2.51. The average molecular weight is 393 g/mol. The van der Waals surface area contributed by atoms with Crippen LogP contribution in [0.4, 0.5) is 11.4 Å². The van der Waals surface area contributed by atoms with Gasteiger partial charge in [-0.25, -0.2) is 9.98 Å². The summed E-state index contributed by atoms with van der Waals surface area (Å²) in [4.78, 5) is 13.6. The third kappa shape index (κ3) is 4.77. The summed E-state index contributed by atoms with van der Waals surface area (Å²) in [5, 5.41) is 12.0. The quantitative estimate of drug-likeness (QED) is 0.374. The van der Waals surface area contributed by atoms with Crippen LogP contribution in [0.5, 0.6) is 5.88 Å². The molecule has 1 aromatic heterocycles. The van der Waals surface area contributed by atoms with Crippen LogP contribution < -0.4 is 15.0 Å². The number of anilines is 1. The number of guanidine groups is 1. The third-order valence-electron chi connectivity index (χ3n) is 5.15. The SMILES string of the molecule is COc1nc(C)c(C)cc1N=C(NC#N)N1CCN(c2cc(C)cc(C)c2)CC1. The van der Waals surface area contributed by atoms with Crippen molar-refractivity contribution in [2.24, 2.45) is 4.99 Å². The normalized spacial score (nSPS) is 14.6. The molecule has 0 unspecified atom stereocenters. The molecule has 1 aromatic carbocycles. The first-order valence-corrected chi connectivity index (χ1v) is 9.75. The van der Waals surface area contributed by atoms with Crippen molar-refractivity contribution in [2.45, 2.75) is 27.7 Å². The van der Waals surface area contributed by atoms with E-state index in [0.29, 0.717) is 17.5 Å². The van der Waals surface area contributed by atoms with Crippen molar-refractivity contribution in [1.29, 1.82) is 5.26 Å². The molecular formula is C22H28N6O. The third-order valence-corrected chi connectivity index (χ3v) is 5.15. The summed E-state index contributed by atoms with van der Waals surface area (Å²) >= 11 is 0. The van der Waals surface area contributed by atoms with Crippen molar-refractivity contribution in [3.63, 3.8) is 0 Å². The molecule has 0 amide bonds. The van der Waals surface area contributed by atoms with Gasteiger partial charge in [-0.15, -0.1) is 0 Å². The number of benzene rings is 1. The van der Waals surface area contributed by atoms with Crippen molar-refractivity contribution in [2.75, 3.05) is 38.2 Å². The van der Waals surface area contributed by atoms with E-state index in [1.54, 1.807) is 7.11 Å². The Kier molecular flexibility index (Phi) is 6.23. The van der Waals surface area contributed by atoms with E-state index in [1.165, 1.54) is 16.8 Å². The highest BCUT2D eigenvalue weighted by Gasteiger charge is 2.21. The molecular weight excluding hydrogens is 364 g/mol. The van der Waals surface area contributed by atoms with E-state index in [0.717, 1.165) is 37.4 Å². The molecule has 0 spiro atoms. The van der Waals surface area contributed by atoms with Gasteiger partial charge in [0.25, 0.3) is 0 Å². The maximum Gasteiger partial charge on any atom is 0.240 e. The molecule has 0 saturated carbocycles. The number of aryl methyl sites for hydroxylation is 4. The number of piperazine rings is 1. The fourth-order valence-electron chi connectivity index (χ4n) is 3.55. The molecule has 0 atom stereocenters. The second kappa shape index (κ2) is 8.82. The van der Waals surface area contributed by atoms with E-state index >= 15 is 0 Å². The summed E-state index contributed by atoms with van der Waals surface area (Å²) in [6.07, 6.45) is 2.01. The van der Waals surface area contributed by atoms with Crippen LogP contribution in [0, 0.1) is 39.1 Å².